The summed E-state index contributed by atoms with van der Waals surface area (Å²) in [5, 5.41) is 2.88. The van der Waals surface area contributed by atoms with Gasteiger partial charge in [0.15, 0.2) is 6.10 Å². The Bertz CT molecular complexity index is 794. The first-order chi connectivity index (χ1) is 13.7. The maximum absolute atomic E-state index is 13.0. The van der Waals surface area contributed by atoms with Crippen molar-refractivity contribution in [3.05, 3.63) is 18.2 Å². The number of carbonyl (C=O) groups excluding carboxylic acids is 3. The average Bonchev–Trinajstić information content (AvgIpc) is 2.69. The summed E-state index contributed by atoms with van der Waals surface area (Å²) >= 11 is 0. The molecule has 3 rings (SSSR count). The van der Waals surface area contributed by atoms with Crippen molar-refractivity contribution in [3.63, 3.8) is 0 Å². The monoisotopic (exact) mass is 401 g/mol. The number of piperidine rings is 1. The zero-order chi connectivity index (χ0) is 21.2. The topological polar surface area (TPSA) is 79.0 Å². The molecule has 1 saturated heterocycles. The van der Waals surface area contributed by atoms with Gasteiger partial charge in [-0.25, -0.2) is 0 Å². The molecule has 2 aliphatic heterocycles. The van der Waals surface area contributed by atoms with E-state index in [1.807, 2.05) is 32.6 Å². The van der Waals surface area contributed by atoms with Crippen LogP contribution in [0.15, 0.2) is 18.2 Å². The van der Waals surface area contributed by atoms with Crippen LogP contribution in [0.1, 0.15) is 53.4 Å². The van der Waals surface area contributed by atoms with Crippen molar-refractivity contribution in [2.75, 3.05) is 29.9 Å². The van der Waals surface area contributed by atoms with Crippen LogP contribution in [-0.2, 0) is 14.4 Å². The van der Waals surface area contributed by atoms with E-state index in [9.17, 15) is 14.4 Å². The van der Waals surface area contributed by atoms with E-state index in [0.29, 0.717) is 23.5 Å². The quantitative estimate of drug-likeness (QED) is 0.840. The lowest BCUT2D eigenvalue weighted by Crippen LogP contribution is -2.51. The average molecular weight is 402 g/mol. The van der Waals surface area contributed by atoms with E-state index in [4.69, 9.17) is 4.74 Å². The molecule has 158 valence electrons. The van der Waals surface area contributed by atoms with Crippen LogP contribution in [0.5, 0.6) is 5.75 Å². The highest BCUT2D eigenvalue weighted by Crippen LogP contribution is 2.37. The van der Waals surface area contributed by atoms with Crippen molar-refractivity contribution < 1.29 is 19.1 Å². The molecule has 1 aromatic rings. The van der Waals surface area contributed by atoms with Gasteiger partial charge in [-0.2, -0.15) is 0 Å². The van der Waals surface area contributed by atoms with Gasteiger partial charge in [-0.15, -0.1) is 0 Å². The lowest BCUT2D eigenvalue weighted by atomic mass is 9.95. The Morgan fingerprint density at radius 2 is 1.86 bits per heavy atom. The number of nitrogens with one attached hydrogen (secondary N) is 1. The Morgan fingerprint density at radius 1 is 1.17 bits per heavy atom. The molecule has 7 heteroatoms. The van der Waals surface area contributed by atoms with Crippen molar-refractivity contribution in [1.29, 1.82) is 0 Å². The van der Waals surface area contributed by atoms with E-state index >= 15 is 0 Å². The molecule has 0 saturated carbocycles. The molecule has 0 spiro atoms. The first-order valence-corrected chi connectivity index (χ1v) is 10.4. The summed E-state index contributed by atoms with van der Waals surface area (Å²) < 4.78 is 5.85. The largest absolute Gasteiger partial charge is 0.478 e. The predicted molar refractivity (Wildman–Crippen MR) is 112 cm³/mol. The third-order valence-electron chi connectivity index (χ3n) is 5.37. The molecule has 0 aliphatic carbocycles. The smallest absolute Gasteiger partial charge is 0.268 e. The summed E-state index contributed by atoms with van der Waals surface area (Å²) in [7, 11) is 0. The molecule has 29 heavy (non-hydrogen) atoms. The van der Waals surface area contributed by atoms with Gasteiger partial charge in [0.2, 0.25) is 11.8 Å². The van der Waals surface area contributed by atoms with Gasteiger partial charge in [-0.1, -0.05) is 27.7 Å². The minimum atomic E-state index is -0.605. The lowest BCUT2D eigenvalue weighted by molar-refractivity contribution is -0.134. The summed E-state index contributed by atoms with van der Waals surface area (Å²) in [4.78, 5) is 41.5. The lowest BCUT2D eigenvalue weighted by Gasteiger charge is -2.36. The highest BCUT2D eigenvalue weighted by molar-refractivity contribution is 6.05. The van der Waals surface area contributed by atoms with Gasteiger partial charge >= 0.3 is 0 Å². The van der Waals surface area contributed by atoms with Crippen molar-refractivity contribution in [1.82, 2.24) is 4.90 Å². The molecule has 7 nitrogen and oxygen atoms in total. The van der Waals surface area contributed by atoms with E-state index in [0.717, 1.165) is 32.4 Å². The van der Waals surface area contributed by atoms with Crippen LogP contribution >= 0.6 is 0 Å². The first-order valence-electron chi connectivity index (χ1n) is 10.4. The molecule has 3 amide bonds. The molecular weight excluding hydrogens is 370 g/mol. The van der Waals surface area contributed by atoms with Crippen molar-refractivity contribution in [3.8, 4) is 5.75 Å². The van der Waals surface area contributed by atoms with Gasteiger partial charge in [-0.05, 0) is 43.9 Å². The van der Waals surface area contributed by atoms with Gasteiger partial charge in [0.25, 0.3) is 5.91 Å². The van der Waals surface area contributed by atoms with Crippen molar-refractivity contribution in [2.24, 2.45) is 5.41 Å². The Labute approximate surface area is 172 Å². The fraction of sp³-hybridized carbons (Fsp3) is 0.591. The molecule has 1 N–H and O–H groups in total. The highest BCUT2D eigenvalue weighted by atomic mass is 16.5. The summed E-state index contributed by atoms with van der Waals surface area (Å²) in [6.07, 6.45) is 3.05. The molecule has 0 bridgehead atoms. The Morgan fingerprint density at radius 3 is 2.48 bits per heavy atom. The summed E-state index contributed by atoms with van der Waals surface area (Å²) in [6, 6.07) is 5.23. The third kappa shape index (κ3) is 4.71. The van der Waals surface area contributed by atoms with Crippen LogP contribution in [0.2, 0.25) is 0 Å². The molecule has 0 radical (unpaired) electrons. The molecule has 2 aliphatic rings. The molecule has 1 aromatic carbocycles. The van der Waals surface area contributed by atoms with Gasteiger partial charge in [0, 0.05) is 24.2 Å². The minimum absolute atomic E-state index is 0.0115. The van der Waals surface area contributed by atoms with Gasteiger partial charge < -0.3 is 15.0 Å². The van der Waals surface area contributed by atoms with Crippen LogP contribution in [0.3, 0.4) is 0 Å². The number of carbonyl (C=O) groups is 3. The number of hydrogen-bond donors (Lipinski definition) is 1. The number of anilines is 2. The van der Waals surface area contributed by atoms with Gasteiger partial charge in [-0.3, -0.25) is 19.3 Å². The van der Waals surface area contributed by atoms with Gasteiger partial charge in [0.05, 0.1) is 5.69 Å². The second-order valence-corrected chi connectivity index (χ2v) is 8.77. The standard InChI is InChI=1S/C22H31N3O4/c1-5-17-20(27)25(14-19(26)24-11-7-6-8-12-24)16-13-15(9-10-18(16)29-17)23-21(28)22(2,3)4/h9-10,13,17H,5-8,11-12,14H2,1-4H3,(H,23,28). The normalized spacial score (nSPS) is 19.4. The maximum atomic E-state index is 13.0. The second-order valence-electron chi connectivity index (χ2n) is 8.77. The summed E-state index contributed by atoms with van der Waals surface area (Å²) in [5.41, 5.74) is 0.557. The zero-order valence-corrected chi connectivity index (χ0v) is 17.8. The van der Waals surface area contributed by atoms with Crippen molar-refractivity contribution in [2.45, 2.75) is 59.5 Å². The number of rotatable bonds is 4. The van der Waals surface area contributed by atoms with Crippen LogP contribution in [0.25, 0.3) is 0 Å². The maximum Gasteiger partial charge on any atom is 0.268 e. The number of benzene rings is 1. The van der Waals surface area contributed by atoms with E-state index in [-0.39, 0.29) is 24.3 Å². The molecule has 0 aromatic heterocycles. The molecule has 1 unspecified atom stereocenters. The number of hydrogen-bond acceptors (Lipinski definition) is 4. The van der Waals surface area contributed by atoms with Crippen molar-refractivity contribution >= 4 is 29.1 Å². The SMILES string of the molecule is CCC1Oc2ccc(NC(=O)C(C)(C)C)cc2N(CC(=O)N2CCCCC2)C1=O. The molecule has 1 atom stereocenters. The predicted octanol–water partition coefficient (Wildman–Crippen LogP) is 3.19. The first kappa shape index (κ1) is 21.1. The third-order valence-corrected chi connectivity index (χ3v) is 5.37. The summed E-state index contributed by atoms with van der Waals surface area (Å²) in [6.45, 7) is 8.86. The van der Waals surface area contributed by atoms with E-state index in [2.05, 4.69) is 5.32 Å². The number of amides is 3. The number of ether oxygens (including phenoxy) is 1. The van der Waals surface area contributed by atoms with Gasteiger partial charge in [0.1, 0.15) is 12.3 Å². The second kappa shape index (κ2) is 8.43. The fourth-order valence-corrected chi connectivity index (χ4v) is 3.52. The van der Waals surface area contributed by atoms with Crippen LogP contribution < -0.4 is 15.0 Å². The van der Waals surface area contributed by atoms with Crippen LogP contribution in [0.4, 0.5) is 11.4 Å². The Balaban J connectivity index is 1.87. The van der Waals surface area contributed by atoms with Crippen LogP contribution in [-0.4, -0.2) is 48.4 Å². The fourth-order valence-electron chi connectivity index (χ4n) is 3.52. The number of likely N-dealkylation sites (tertiary alicyclic amines) is 1. The number of nitrogens with zero attached hydrogens (tertiary/aromatic N) is 2. The molecule has 1 fully saturated rings. The summed E-state index contributed by atoms with van der Waals surface area (Å²) in [5.74, 6) is 0.161. The van der Waals surface area contributed by atoms with E-state index < -0.39 is 11.5 Å². The number of fused-ring (bicyclic) bond motifs is 1. The molecular formula is C22H31N3O4. The zero-order valence-electron chi connectivity index (χ0n) is 17.8. The highest BCUT2D eigenvalue weighted by Gasteiger charge is 2.35. The molecule has 2 heterocycles. The van der Waals surface area contributed by atoms with Crippen LogP contribution in [0, 0.1) is 5.41 Å². The Kier molecular flexibility index (Phi) is 6.15. The van der Waals surface area contributed by atoms with E-state index in [1.54, 1.807) is 18.2 Å². The van der Waals surface area contributed by atoms with E-state index in [1.165, 1.54) is 4.90 Å². The minimum Gasteiger partial charge on any atom is -0.478 e. The Hall–Kier alpha value is -2.57.